The third kappa shape index (κ3) is 4.32. The first-order chi connectivity index (χ1) is 15.6. The fourth-order valence-electron chi connectivity index (χ4n) is 3.60. The molecule has 0 radical (unpaired) electrons. The Hall–Kier alpha value is -4.12. The Bertz CT molecular complexity index is 1310. The first kappa shape index (κ1) is 21.1. The van der Waals surface area contributed by atoms with E-state index in [1.54, 1.807) is 37.6 Å². The van der Waals surface area contributed by atoms with Gasteiger partial charge in [0, 0.05) is 11.8 Å². The number of hydrogen-bond acceptors (Lipinski definition) is 4. The first-order valence-electron chi connectivity index (χ1n) is 10.4. The number of hydrogen-bond donors (Lipinski definition) is 2. The number of rotatable bonds is 6. The lowest BCUT2D eigenvalue weighted by atomic mass is 9.99. The second-order valence-corrected chi connectivity index (χ2v) is 7.34. The predicted molar refractivity (Wildman–Crippen MR) is 130 cm³/mol. The van der Waals surface area contributed by atoms with Crippen molar-refractivity contribution >= 4 is 34.3 Å². The summed E-state index contributed by atoms with van der Waals surface area (Å²) in [7, 11) is 1.54. The average Bonchev–Trinajstić information content (AvgIpc) is 2.83. The highest BCUT2D eigenvalue weighted by molar-refractivity contribution is 6.13. The van der Waals surface area contributed by atoms with Crippen molar-refractivity contribution < 1.29 is 14.6 Å². The Morgan fingerprint density at radius 2 is 1.81 bits per heavy atom. The summed E-state index contributed by atoms with van der Waals surface area (Å²) in [5.74, 6) is -0.00871. The minimum atomic E-state index is -0.430. The maximum absolute atomic E-state index is 13.1. The predicted octanol–water partition coefficient (Wildman–Crippen LogP) is 6.12. The zero-order valence-electron chi connectivity index (χ0n) is 18.0. The van der Waals surface area contributed by atoms with Crippen molar-refractivity contribution in [1.29, 1.82) is 0 Å². The van der Waals surface area contributed by atoms with Gasteiger partial charge in [-0.15, -0.1) is 0 Å². The highest BCUT2D eigenvalue weighted by Crippen LogP contribution is 2.32. The molecule has 0 aliphatic heterocycles. The summed E-state index contributed by atoms with van der Waals surface area (Å²) >= 11 is 0. The van der Waals surface area contributed by atoms with Gasteiger partial charge in [-0.25, -0.2) is 0 Å². The third-order valence-electron chi connectivity index (χ3n) is 5.32. The van der Waals surface area contributed by atoms with Gasteiger partial charge in [0.15, 0.2) is 0 Å². The minimum absolute atomic E-state index is 0.119. The number of nitrogens with one attached hydrogen (secondary N) is 1. The SMILES string of the molecule is CCc1cccc(N=Cc2c(O)c(C(=O)Nc3ccccc3OC)cc3ccccc23)c1. The Morgan fingerprint density at radius 1 is 1.03 bits per heavy atom. The summed E-state index contributed by atoms with van der Waals surface area (Å²) in [5.41, 5.74) is 3.16. The summed E-state index contributed by atoms with van der Waals surface area (Å²) in [5, 5.41) is 15.5. The van der Waals surface area contributed by atoms with Crippen LogP contribution in [0.15, 0.2) is 83.9 Å². The average molecular weight is 425 g/mol. The number of phenolic OH excluding ortho intramolecular Hbond substituents is 1. The van der Waals surface area contributed by atoms with Crippen molar-refractivity contribution in [2.75, 3.05) is 12.4 Å². The molecular formula is C27H24N2O3. The van der Waals surface area contributed by atoms with Gasteiger partial charge in [0.25, 0.3) is 5.91 Å². The highest BCUT2D eigenvalue weighted by Gasteiger charge is 2.18. The normalized spacial score (nSPS) is 11.1. The van der Waals surface area contributed by atoms with E-state index in [0.29, 0.717) is 17.0 Å². The molecule has 0 unspecified atom stereocenters. The molecule has 2 N–H and O–H groups in total. The molecule has 0 aliphatic rings. The van der Waals surface area contributed by atoms with E-state index < -0.39 is 5.91 Å². The minimum Gasteiger partial charge on any atom is -0.506 e. The van der Waals surface area contributed by atoms with Crippen molar-refractivity contribution in [3.05, 3.63) is 95.6 Å². The molecule has 4 aromatic carbocycles. The van der Waals surface area contributed by atoms with E-state index in [0.717, 1.165) is 22.9 Å². The van der Waals surface area contributed by atoms with Crippen molar-refractivity contribution in [2.24, 2.45) is 4.99 Å². The quantitative estimate of drug-likeness (QED) is 0.366. The molecule has 0 fully saturated rings. The van der Waals surface area contributed by atoms with Crippen molar-refractivity contribution in [2.45, 2.75) is 13.3 Å². The van der Waals surface area contributed by atoms with Crippen LogP contribution in [-0.4, -0.2) is 24.3 Å². The van der Waals surface area contributed by atoms with Gasteiger partial charge in [-0.3, -0.25) is 9.79 Å². The summed E-state index contributed by atoms with van der Waals surface area (Å²) in [6, 6.07) is 24.4. The van der Waals surface area contributed by atoms with Gasteiger partial charge >= 0.3 is 0 Å². The third-order valence-corrected chi connectivity index (χ3v) is 5.32. The van der Waals surface area contributed by atoms with Crippen molar-refractivity contribution in [3.8, 4) is 11.5 Å². The van der Waals surface area contributed by atoms with E-state index >= 15 is 0 Å². The number of phenols is 1. The van der Waals surface area contributed by atoms with Crippen LogP contribution in [0.4, 0.5) is 11.4 Å². The van der Waals surface area contributed by atoms with Gasteiger partial charge in [-0.1, -0.05) is 55.5 Å². The van der Waals surface area contributed by atoms with Crippen LogP contribution in [0.2, 0.25) is 0 Å². The standard InChI is InChI=1S/C27H24N2O3/c1-3-18-9-8-11-20(15-18)28-17-23-21-12-5-4-10-19(21)16-22(26(23)30)27(31)29-24-13-6-7-14-25(24)32-2/h4-17,30H,3H2,1-2H3,(H,29,31). The van der Waals surface area contributed by atoms with Gasteiger partial charge in [0.05, 0.1) is 24.0 Å². The maximum atomic E-state index is 13.1. The number of para-hydroxylation sites is 2. The van der Waals surface area contributed by atoms with E-state index in [1.165, 1.54) is 5.56 Å². The summed E-state index contributed by atoms with van der Waals surface area (Å²) in [4.78, 5) is 17.7. The number of benzene rings is 4. The summed E-state index contributed by atoms with van der Waals surface area (Å²) in [6.07, 6.45) is 2.53. The molecule has 0 aromatic heterocycles. The largest absolute Gasteiger partial charge is 0.506 e. The van der Waals surface area contributed by atoms with Crippen LogP contribution in [0.1, 0.15) is 28.4 Å². The molecule has 0 spiro atoms. The number of carbonyl (C=O) groups is 1. The number of aliphatic imine (C=N–C) groups is 1. The summed E-state index contributed by atoms with van der Waals surface area (Å²) < 4.78 is 5.31. The molecule has 4 aromatic rings. The number of anilines is 1. The van der Waals surface area contributed by atoms with E-state index in [-0.39, 0.29) is 11.3 Å². The number of carbonyl (C=O) groups excluding carboxylic acids is 1. The molecule has 0 aliphatic carbocycles. The fourth-order valence-corrected chi connectivity index (χ4v) is 3.60. The van der Waals surface area contributed by atoms with Crippen LogP contribution in [0.5, 0.6) is 11.5 Å². The number of fused-ring (bicyclic) bond motifs is 1. The van der Waals surface area contributed by atoms with Gasteiger partial charge in [0.2, 0.25) is 0 Å². The van der Waals surface area contributed by atoms with Crippen LogP contribution >= 0.6 is 0 Å². The van der Waals surface area contributed by atoms with E-state index in [9.17, 15) is 9.90 Å². The molecule has 1 amide bonds. The zero-order valence-corrected chi connectivity index (χ0v) is 18.0. The molecule has 5 nitrogen and oxygen atoms in total. The number of amides is 1. The first-order valence-corrected chi connectivity index (χ1v) is 10.4. The van der Waals surface area contributed by atoms with Crippen LogP contribution < -0.4 is 10.1 Å². The Labute approximate surface area is 187 Å². The summed E-state index contributed by atoms with van der Waals surface area (Å²) in [6.45, 7) is 2.09. The van der Waals surface area contributed by atoms with Gasteiger partial charge in [0.1, 0.15) is 11.5 Å². The molecule has 0 saturated carbocycles. The molecular weight excluding hydrogens is 400 g/mol. The van der Waals surface area contributed by atoms with Crippen LogP contribution in [0, 0.1) is 0 Å². The molecule has 5 heteroatoms. The van der Waals surface area contributed by atoms with Crippen LogP contribution in [0.25, 0.3) is 10.8 Å². The van der Waals surface area contributed by atoms with E-state index in [4.69, 9.17) is 4.74 Å². The Morgan fingerprint density at radius 3 is 2.62 bits per heavy atom. The van der Waals surface area contributed by atoms with Crippen LogP contribution in [-0.2, 0) is 6.42 Å². The molecule has 0 bridgehead atoms. The molecule has 0 heterocycles. The number of aryl methyl sites for hydroxylation is 1. The number of methoxy groups -OCH3 is 1. The number of nitrogens with zero attached hydrogens (tertiary/aromatic N) is 1. The molecule has 160 valence electrons. The van der Waals surface area contributed by atoms with Crippen molar-refractivity contribution in [3.63, 3.8) is 0 Å². The van der Waals surface area contributed by atoms with E-state index in [2.05, 4.69) is 23.3 Å². The highest BCUT2D eigenvalue weighted by atomic mass is 16.5. The Kier molecular flexibility index (Phi) is 6.17. The second kappa shape index (κ2) is 9.35. The molecule has 0 atom stereocenters. The fraction of sp³-hybridized carbons (Fsp3) is 0.111. The van der Waals surface area contributed by atoms with Gasteiger partial charge in [-0.2, -0.15) is 0 Å². The van der Waals surface area contributed by atoms with Gasteiger partial charge in [-0.05, 0) is 53.1 Å². The maximum Gasteiger partial charge on any atom is 0.259 e. The topological polar surface area (TPSA) is 70.9 Å². The second-order valence-electron chi connectivity index (χ2n) is 7.34. The molecule has 32 heavy (non-hydrogen) atoms. The zero-order chi connectivity index (χ0) is 22.5. The lowest BCUT2D eigenvalue weighted by Gasteiger charge is -2.13. The molecule has 4 rings (SSSR count). The monoisotopic (exact) mass is 424 g/mol. The van der Waals surface area contributed by atoms with Gasteiger partial charge < -0.3 is 15.2 Å². The molecule has 0 saturated heterocycles. The lowest BCUT2D eigenvalue weighted by molar-refractivity contribution is 0.102. The smallest absolute Gasteiger partial charge is 0.259 e. The van der Waals surface area contributed by atoms with Crippen molar-refractivity contribution in [1.82, 2.24) is 0 Å². The number of aromatic hydroxyl groups is 1. The van der Waals surface area contributed by atoms with Crippen LogP contribution in [0.3, 0.4) is 0 Å². The number of ether oxygens (including phenoxy) is 1. The Balaban J connectivity index is 1.77. The van der Waals surface area contributed by atoms with E-state index in [1.807, 2.05) is 48.5 Å². The lowest BCUT2D eigenvalue weighted by Crippen LogP contribution is -2.13.